The summed E-state index contributed by atoms with van der Waals surface area (Å²) < 4.78 is 2.23. The summed E-state index contributed by atoms with van der Waals surface area (Å²) in [4.78, 5) is 4.44. The van der Waals surface area contributed by atoms with Crippen LogP contribution >= 0.6 is 0 Å². The summed E-state index contributed by atoms with van der Waals surface area (Å²) in [5.41, 5.74) is 2.88. The van der Waals surface area contributed by atoms with Crippen molar-refractivity contribution in [2.75, 3.05) is 0 Å². The number of nitrogens with one attached hydrogen (secondary N) is 1. The van der Waals surface area contributed by atoms with Crippen LogP contribution in [-0.4, -0.2) is 9.55 Å². The van der Waals surface area contributed by atoms with Crippen LogP contribution in [0.25, 0.3) is 5.70 Å². The van der Waals surface area contributed by atoms with Gasteiger partial charge in [-0.25, -0.2) is 4.98 Å². The minimum absolute atomic E-state index is 0.470. The van der Waals surface area contributed by atoms with E-state index < -0.39 is 0 Å². The molecule has 0 aliphatic rings. The quantitative estimate of drug-likeness (QED) is 0.792. The molecule has 3 nitrogen and oxygen atoms in total. The number of aromatic nitrogens is 2. The third kappa shape index (κ3) is 3.25. The second-order valence-corrected chi connectivity index (χ2v) is 5.01. The summed E-state index contributed by atoms with van der Waals surface area (Å²) in [6.45, 7) is 16.5. The van der Waals surface area contributed by atoms with Gasteiger partial charge in [0.1, 0.15) is 5.69 Å². The van der Waals surface area contributed by atoms with Gasteiger partial charge in [-0.15, -0.1) is 0 Å². The third-order valence-electron chi connectivity index (χ3n) is 3.52. The van der Waals surface area contributed by atoms with E-state index in [-0.39, 0.29) is 0 Å². The molecule has 0 fully saturated rings. The zero-order valence-electron chi connectivity index (χ0n) is 12.0. The lowest BCUT2D eigenvalue weighted by molar-refractivity contribution is 0.394. The third-order valence-corrected chi connectivity index (χ3v) is 3.52. The molecule has 0 radical (unpaired) electrons. The Morgan fingerprint density at radius 2 is 2.22 bits per heavy atom. The summed E-state index contributed by atoms with van der Waals surface area (Å²) in [6, 6.07) is 0.470. The highest BCUT2D eigenvalue weighted by Crippen LogP contribution is 2.23. The van der Waals surface area contributed by atoms with E-state index in [0.717, 1.165) is 23.0 Å². The molecule has 18 heavy (non-hydrogen) atoms. The fourth-order valence-corrected chi connectivity index (χ4v) is 2.22. The molecule has 3 heteroatoms. The summed E-state index contributed by atoms with van der Waals surface area (Å²) in [5.74, 6) is 0.736. The van der Waals surface area contributed by atoms with Crippen molar-refractivity contribution in [3.05, 3.63) is 37.1 Å². The first-order chi connectivity index (χ1) is 8.51. The van der Waals surface area contributed by atoms with Crippen molar-refractivity contribution < 1.29 is 0 Å². The normalized spacial score (nSPS) is 14.0. The van der Waals surface area contributed by atoms with Gasteiger partial charge in [0.15, 0.2) is 0 Å². The minimum atomic E-state index is 0.470. The van der Waals surface area contributed by atoms with Gasteiger partial charge in [-0.3, -0.25) is 0 Å². The maximum atomic E-state index is 4.44. The molecule has 0 saturated carbocycles. The van der Waals surface area contributed by atoms with Gasteiger partial charge in [-0.2, -0.15) is 0 Å². The van der Waals surface area contributed by atoms with Gasteiger partial charge in [0.25, 0.3) is 0 Å². The van der Waals surface area contributed by atoms with Crippen LogP contribution in [0, 0.1) is 12.8 Å². The maximum Gasteiger partial charge on any atom is 0.107 e. The van der Waals surface area contributed by atoms with E-state index in [1.807, 2.05) is 6.33 Å². The monoisotopic (exact) mass is 247 g/mol. The zero-order chi connectivity index (χ0) is 13.7. The van der Waals surface area contributed by atoms with Gasteiger partial charge < -0.3 is 9.88 Å². The van der Waals surface area contributed by atoms with E-state index in [2.05, 4.69) is 55.7 Å². The Labute approximate surface area is 111 Å². The lowest BCUT2D eigenvalue weighted by atomic mass is 10.00. The molecule has 1 aromatic rings. The van der Waals surface area contributed by atoms with E-state index in [1.165, 1.54) is 12.8 Å². The first-order valence-electron chi connectivity index (χ1n) is 6.61. The first-order valence-corrected chi connectivity index (χ1v) is 6.61. The molecule has 0 saturated heterocycles. The summed E-state index contributed by atoms with van der Waals surface area (Å²) in [6.07, 6.45) is 5.93. The molecule has 0 aliphatic carbocycles. The molecular weight excluding hydrogens is 222 g/mol. The van der Waals surface area contributed by atoms with Crippen LogP contribution in [0.15, 0.2) is 25.7 Å². The van der Waals surface area contributed by atoms with E-state index in [0.29, 0.717) is 6.04 Å². The molecular formula is C15H25N3. The second kappa shape index (κ2) is 6.43. The Hall–Kier alpha value is -1.51. The number of hydrogen-bond donors (Lipinski definition) is 1. The number of hydrogen-bond acceptors (Lipinski definition) is 2. The van der Waals surface area contributed by atoms with Gasteiger partial charge in [0.2, 0.25) is 0 Å². The van der Waals surface area contributed by atoms with Crippen LogP contribution in [0.4, 0.5) is 0 Å². The van der Waals surface area contributed by atoms with Crippen LogP contribution in [0.1, 0.15) is 51.0 Å². The van der Waals surface area contributed by atoms with Gasteiger partial charge in [0.05, 0.1) is 12.0 Å². The van der Waals surface area contributed by atoms with E-state index in [1.54, 1.807) is 6.20 Å². The molecule has 0 aliphatic heterocycles. The molecule has 0 bridgehead atoms. The van der Waals surface area contributed by atoms with Crippen LogP contribution < -0.4 is 5.32 Å². The highest BCUT2D eigenvalue weighted by molar-refractivity contribution is 5.60. The standard InChI is InChI=1S/C15H25N3/c1-7-11(3)9-12(4)18-10-17-15(14(18)6)13(5)16-8-2/h8,10-12,16H,2,5,7,9H2,1,3-4,6H3. The average Bonchev–Trinajstić information content (AvgIpc) is 2.71. The Morgan fingerprint density at radius 1 is 1.56 bits per heavy atom. The highest BCUT2D eigenvalue weighted by Gasteiger charge is 2.15. The summed E-state index contributed by atoms with van der Waals surface area (Å²) >= 11 is 0. The largest absolute Gasteiger partial charge is 0.361 e. The van der Waals surface area contributed by atoms with Gasteiger partial charge in [0, 0.05) is 11.7 Å². The molecule has 1 rings (SSSR count). The Morgan fingerprint density at radius 3 is 2.78 bits per heavy atom. The van der Waals surface area contributed by atoms with Gasteiger partial charge in [-0.05, 0) is 32.4 Å². The fourth-order valence-electron chi connectivity index (χ4n) is 2.22. The van der Waals surface area contributed by atoms with E-state index in [4.69, 9.17) is 0 Å². The molecule has 2 unspecified atom stereocenters. The van der Waals surface area contributed by atoms with Crippen LogP contribution in [0.3, 0.4) is 0 Å². The van der Waals surface area contributed by atoms with Crippen molar-refractivity contribution in [1.29, 1.82) is 0 Å². The SMILES string of the molecule is C=CNC(=C)c1ncn(C(C)CC(C)CC)c1C. The predicted octanol–water partition coefficient (Wildman–Crippen LogP) is 3.89. The Balaban J connectivity index is 2.85. The second-order valence-electron chi connectivity index (χ2n) is 5.01. The lowest BCUT2D eigenvalue weighted by Crippen LogP contribution is -2.11. The van der Waals surface area contributed by atoms with Crippen molar-refractivity contribution >= 4 is 5.70 Å². The minimum Gasteiger partial charge on any atom is -0.361 e. The number of nitrogens with zero attached hydrogens (tertiary/aromatic N) is 2. The Bertz CT molecular complexity index is 417. The van der Waals surface area contributed by atoms with Gasteiger partial charge >= 0.3 is 0 Å². The lowest BCUT2D eigenvalue weighted by Gasteiger charge is -2.19. The fraction of sp³-hybridized carbons (Fsp3) is 0.533. The van der Waals surface area contributed by atoms with Crippen molar-refractivity contribution in [3.8, 4) is 0 Å². The van der Waals surface area contributed by atoms with Crippen molar-refractivity contribution in [2.24, 2.45) is 5.92 Å². The van der Waals surface area contributed by atoms with Crippen LogP contribution in [0.5, 0.6) is 0 Å². The van der Waals surface area contributed by atoms with Crippen molar-refractivity contribution in [2.45, 2.75) is 46.6 Å². The van der Waals surface area contributed by atoms with Crippen molar-refractivity contribution in [1.82, 2.24) is 14.9 Å². The average molecular weight is 247 g/mol. The molecule has 0 aromatic carbocycles. The topological polar surface area (TPSA) is 29.9 Å². The molecule has 0 amide bonds. The zero-order valence-corrected chi connectivity index (χ0v) is 12.0. The number of rotatable bonds is 7. The first kappa shape index (κ1) is 14.6. The molecule has 2 atom stereocenters. The maximum absolute atomic E-state index is 4.44. The number of imidazole rings is 1. The summed E-state index contributed by atoms with van der Waals surface area (Å²) in [5, 5.41) is 3.00. The smallest absolute Gasteiger partial charge is 0.107 e. The summed E-state index contributed by atoms with van der Waals surface area (Å²) in [7, 11) is 0. The Kier molecular flexibility index (Phi) is 5.20. The predicted molar refractivity (Wildman–Crippen MR) is 78.1 cm³/mol. The van der Waals surface area contributed by atoms with Gasteiger partial charge in [-0.1, -0.05) is 33.4 Å². The molecule has 1 N–H and O–H groups in total. The highest BCUT2D eigenvalue weighted by atomic mass is 15.1. The molecule has 100 valence electrons. The van der Waals surface area contributed by atoms with E-state index >= 15 is 0 Å². The molecule has 1 aromatic heterocycles. The molecule has 1 heterocycles. The van der Waals surface area contributed by atoms with Crippen molar-refractivity contribution in [3.63, 3.8) is 0 Å². The molecule has 0 spiro atoms. The van der Waals surface area contributed by atoms with Crippen LogP contribution in [-0.2, 0) is 0 Å². The van der Waals surface area contributed by atoms with Crippen LogP contribution in [0.2, 0.25) is 0 Å². The van der Waals surface area contributed by atoms with E-state index in [9.17, 15) is 0 Å².